The molecule has 2 aliphatic rings. The summed E-state index contributed by atoms with van der Waals surface area (Å²) in [5.41, 5.74) is 0. The molecule has 0 aliphatic carbocycles. The molecular weight excluding hydrogens is 354 g/mol. The van der Waals surface area contributed by atoms with Gasteiger partial charge in [0.25, 0.3) is 0 Å². The van der Waals surface area contributed by atoms with Crippen molar-refractivity contribution in [2.24, 2.45) is 16.8 Å². The molecule has 1 amide bonds. The van der Waals surface area contributed by atoms with Gasteiger partial charge in [-0.1, -0.05) is 13.8 Å². The van der Waals surface area contributed by atoms with Crippen LogP contribution in [-0.4, -0.2) is 80.3 Å². The molecular formula is C21H41N5O2. The van der Waals surface area contributed by atoms with Crippen LogP contribution in [0.5, 0.6) is 0 Å². The molecule has 0 aromatic carbocycles. The first-order valence-electron chi connectivity index (χ1n) is 11.2. The highest BCUT2D eigenvalue weighted by molar-refractivity contribution is 5.80. The lowest BCUT2D eigenvalue weighted by molar-refractivity contribution is 0.0963. The van der Waals surface area contributed by atoms with Gasteiger partial charge in [0.1, 0.15) is 0 Å². The highest BCUT2D eigenvalue weighted by Gasteiger charge is 2.24. The van der Waals surface area contributed by atoms with Crippen molar-refractivity contribution in [2.75, 3.05) is 52.4 Å². The molecule has 2 N–H and O–H groups in total. The number of carbonyl (C=O) groups is 1. The Labute approximate surface area is 171 Å². The predicted octanol–water partition coefficient (Wildman–Crippen LogP) is 2.53. The van der Waals surface area contributed by atoms with Crippen LogP contribution in [0.1, 0.15) is 53.4 Å². The quantitative estimate of drug-likeness (QED) is 0.394. The Morgan fingerprint density at radius 1 is 1.14 bits per heavy atom. The minimum absolute atomic E-state index is 0.192. The molecule has 2 heterocycles. The Morgan fingerprint density at radius 3 is 2.43 bits per heavy atom. The summed E-state index contributed by atoms with van der Waals surface area (Å²) in [5, 5.41) is 6.90. The van der Waals surface area contributed by atoms with Crippen molar-refractivity contribution in [2.45, 2.75) is 59.4 Å². The van der Waals surface area contributed by atoms with Crippen LogP contribution in [0, 0.1) is 11.8 Å². The van der Waals surface area contributed by atoms with Crippen LogP contribution in [0.4, 0.5) is 4.79 Å². The lowest BCUT2D eigenvalue weighted by atomic mass is 9.92. The van der Waals surface area contributed by atoms with Gasteiger partial charge < -0.3 is 25.2 Å². The fourth-order valence-corrected chi connectivity index (χ4v) is 4.39. The lowest BCUT2D eigenvalue weighted by Gasteiger charge is -2.34. The fraction of sp³-hybridized carbons (Fsp3) is 0.905. The first-order valence-corrected chi connectivity index (χ1v) is 11.2. The third-order valence-corrected chi connectivity index (χ3v) is 5.55. The van der Waals surface area contributed by atoms with Gasteiger partial charge in [0.2, 0.25) is 0 Å². The number of hydrogen-bond donors (Lipinski definition) is 2. The second-order valence-corrected chi connectivity index (χ2v) is 8.42. The van der Waals surface area contributed by atoms with E-state index in [1.54, 1.807) is 4.90 Å². The van der Waals surface area contributed by atoms with Gasteiger partial charge in [-0.2, -0.15) is 0 Å². The molecule has 2 fully saturated rings. The summed E-state index contributed by atoms with van der Waals surface area (Å²) in [7, 11) is 0. The number of ether oxygens (including phenoxy) is 1. The van der Waals surface area contributed by atoms with Crippen LogP contribution in [0.15, 0.2) is 4.99 Å². The van der Waals surface area contributed by atoms with Gasteiger partial charge in [-0.05, 0) is 57.9 Å². The van der Waals surface area contributed by atoms with E-state index in [0.29, 0.717) is 12.6 Å². The second-order valence-electron chi connectivity index (χ2n) is 8.42. The number of carbonyl (C=O) groups excluding carboxylic acids is 1. The average molecular weight is 396 g/mol. The number of piperidine rings is 2. The van der Waals surface area contributed by atoms with Crippen LogP contribution >= 0.6 is 0 Å². The van der Waals surface area contributed by atoms with Crippen LogP contribution in [0.2, 0.25) is 0 Å². The summed E-state index contributed by atoms with van der Waals surface area (Å²) < 4.78 is 5.09. The molecule has 2 unspecified atom stereocenters. The first kappa shape index (κ1) is 22.8. The Bertz CT molecular complexity index is 481. The first-order chi connectivity index (χ1) is 13.5. The number of aliphatic imine (C=N–C) groups is 1. The smallest absolute Gasteiger partial charge is 0.409 e. The number of nitrogens with one attached hydrogen (secondary N) is 2. The van der Waals surface area contributed by atoms with Crippen molar-refractivity contribution < 1.29 is 9.53 Å². The fourth-order valence-electron chi connectivity index (χ4n) is 4.39. The Kier molecular flexibility index (Phi) is 9.88. The van der Waals surface area contributed by atoms with Gasteiger partial charge >= 0.3 is 6.09 Å². The van der Waals surface area contributed by atoms with Crippen molar-refractivity contribution in [1.29, 1.82) is 0 Å². The zero-order valence-electron chi connectivity index (χ0n) is 18.4. The Balaban J connectivity index is 1.71. The van der Waals surface area contributed by atoms with Crippen LogP contribution in [0.25, 0.3) is 0 Å². The number of likely N-dealkylation sites (tertiary alicyclic amines) is 2. The van der Waals surface area contributed by atoms with Gasteiger partial charge in [-0.15, -0.1) is 0 Å². The zero-order chi connectivity index (χ0) is 20.4. The van der Waals surface area contributed by atoms with Gasteiger partial charge in [0.15, 0.2) is 5.96 Å². The third-order valence-electron chi connectivity index (χ3n) is 5.55. The molecule has 162 valence electrons. The molecule has 0 spiro atoms. The molecule has 0 aromatic heterocycles. The van der Waals surface area contributed by atoms with Crippen molar-refractivity contribution in [3.63, 3.8) is 0 Å². The highest BCUT2D eigenvalue weighted by atomic mass is 16.6. The molecule has 2 saturated heterocycles. The number of rotatable bonds is 7. The molecule has 0 aromatic rings. The SMILES string of the molecule is CCNC(=NCCCN1CC(C)CC(C)C1)NC1CCN(C(=O)OCC)CC1. The number of guanidine groups is 1. The van der Waals surface area contributed by atoms with E-state index >= 15 is 0 Å². The van der Waals surface area contributed by atoms with Crippen LogP contribution in [-0.2, 0) is 4.74 Å². The van der Waals surface area contributed by atoms with E-state index in [1.807, 2.05) is 6.92 Å². The minimum atomic E-state index is -0.192. The standard InChI is InChI=1S/C21H41N5O2/c1-5-22-20(23-10-7-11-25-15-17(3)14-18(4)16-25)24-19-8-12-26(13-9-19)21(27)28-6-2/h17-19H,5-16H2,1-4H3,(H2,22,23,24). The van der Waals surface area contributed by atoms with Crippen LogP contribution < -0.4 is 10.6 Å². The van der Waals surface area contributed by atoms with Crippen molar-refractivity contribution in [3.8, 4) is 0 Å². The number of hydrogen-bond acceptors (Lipinski definition) is 4. The maximum Gasteiger partial charge on any atom is 0.409 e. The molecule has 0 saturated carbocycles. The van der Waals surface area contributed by atoms with Gasteiger partial charge in [-0.25, -0.2) is 4.79 Å². The van der Waals surface area contributed by atoms with E-state index in [4.69, 9.17) is 9.73 Å². The Morgan fingerprint density at radius 2 is 1.82 bits per heavy atom. The molecule has 2 atom stereocenters. The highest BCUT2D eigenvalue weighted by Crippen LogP contribution is 2.20. The Hall–Kier alpha value is -1.50. The topological polar surface area (TPSA) is 69.2 Å². The predicted molar refractivity (Wildman–Crippen MR) is 115 cm³/mol. The van der Waals surface area contributed by atoms with Gasteiger partial charge in [-0.3, -0.25) is 4.99 Å². The summed E-state index contributed by atoms with van der Waals surface area (Å²) in [4.78, 5) is 21.0. The molecule has 2 aliphatic heterocycles. The average Bonchev–Trinajstić information content (AvgIpc) is 2.65. The minimum Gasteiger partial charge on any atom is -0.450 e. The van der Waals surface area contributed by atoms with Gasteiger partial charge in [0, 0.05) is 45.3 Å². The van der Waals surface area contributed by atoms with E-state index in [1.165, 1.54) is 19.5 Å². The summed E-state index contributed by atoms with van der Waals surface area (Å²) >= 11 is 0. The van der Waals surface area contributed by atoms with E-state index in [9.17, 15) is 4.79 Å². The lowest BCUT2D eigenvalue weighted by Crippen LogP contribution is -2.50. The molecule has 7 heteroatoms. The molecule has 0 radical (unpaired) electrons. The largest absolute Gasteiger partial charge is 0.450 e. The van der Waals surface area contributed by atoms with Crippen molar-refractivity contribution in [3.05, 3.63) is 0 Å². The number of nitrogens with zero attached hydrogens (tertiary/aromatic N) is 3. The van der Waals surface area contributed by atoms with Crippen molar-refractivity contribution in [1.82, 2.24) is 20.4 Å². The molecule has 7 nitrogen and oxygen atoms in total. The van der Waals surface area contributed by atoms with E-state index < -0.39 is 0 Å². The summed E-state index contributed by atoms with van der Waals surface area (Å²) in [6, 6.07) is 0.354. The summed E-state index contributed by atoms with van der Waals surface area (Å²) in [6.07, 6.45) is 4.11. The van der Waals surface area contributed by atoms with Crippen molar-refractivity contribution >= 4 is 12.1 Å². The summed E-state index contributed by atoms with van der Waals surface area (Å²) in [5.74, 6) is 2.52. The number of amides is 1. The maximum absolute atomic E-state index is 11.8. The van der Waals surface area contributed by atoms with E-state index in [-0.39, 0.29) is 6.09 Å². The van der Waals surface area contributed by atoms with E-state index in [2.05, 4.69) is 36.3 Å². The third kappa shape index (κ3) is 7.86. The second kappa shape index (κ2) is 12.1. The normalized spacial score (nSPS) is 24.9. The van der Waals surface area contributed by atoms with Gasteiger partial charge in [0.05, 0.1) is 6.61 Å². The van der Waals surface area contributed by atoms with E-state index in [0.717, 1.165) is 69.8 Å². The van der Waals surface area contributed by atoms with Crippen LogP contribution in [0.3, 0.4) is 0 Å². The molecule has 2 rings (SSSR count). The molecule has 0 bridgehead atoms. The monoisotopic (exact) mass is 395 g/mol. The molecule has 28 heavy (non-hydrogen) atoms. The zero-order valence-corrected chi connectivity index (χ0v) is 18.4. The summed E-state index contributed by atoms with van der Waals surface area (Å²) in [6.45, 7) is 15.9. The maximum atomic E-state index is 11.8.